The Hall–Kier alpha value is 0.270. The van der Waals surface area contributed by atoms with Crippen LogP contribution in [-0.2, 0) is 0 Å². The highest BCUT2D eigenvalue weighted by Gasteiger charge is 2.28. The molecule has 2 nitrogen and oxygen atoms in total. The summed E-state index contributed by atoms with van der Waals surface area (Å²) in [6, 6.07) is 1.68. The molecule has 70 valence electrons. The summed E-state index contributed by atoms with van der Waals surface area (Å²) in [5.41, 5.74) is 0. The molecule has 0 amide bonds. The zero-order chi connectivity index (χ0) is 8.39. The van der Waals surface area contributed by atoms with Crippen LogP contribution in [0.2, 0.25) is 0 Å². The van der Waals surface area contributed by atoms with Crippen LogP contribution >= 0.6 is 11.8 Å². The lowest BCUT2D eigenvalue weighted by molar-refractivity contribution is 0.164. The van der Waals surface area contributed by atoms with Crippen molar-refractivity contribution in [2.45, 2.75) is 24.9 Å². The molecule has 0 aromatic carbocycles. The standard InChI is InChI=1S/C9H18N2S/c1-11(9-6-12-7-9)8-3-2-4-10-5-8/h8-10H,2-7H2,1H3. The summed E-state index contributed by atoms with van der Waals surface area (Å²) in [5, 5.41) is 3.47. The monoisotopic (exact) mass is 186 g/mol. The first-order chi connectivity index (χ1) is 5.88. The van der Waals surface area contributed by atoms with Crippen LogP contribution < -0.4 is 5.32 Å². The van der Waals surface area contributed by atoms with Crippen molar-refractivity contribution < 1.29 is 0 Å². The van der Waals surface area contributed by atoms with Gasteiger partial charge in [-0.25, -0.2) is 0 Å². The largest absolute Gasteiger partial charge is 0.315 e. The lowest BCUT2D eigenvalue weighted by atomic mass is 10.1. The Morgan fingerprint density at radius 1 is 1.33 bits per heavy atom. The van der Waals surface area contributed by atoms with E-state index in [-0.39, 0.29) is 0 Å². The van der Waals surface area contributed by atoms with Crippen molar-refractivity contribution in [1.82, 2.24) is 10.2 Å². The smallest absolute Gasteiger partial charge is 0.0277 e. The Morgan fingerprint density at radius 3 is 2.67 bits per heavy atom. The molecule has 0 radical (unpaired) electrons. The van der Waals surface area contributed by atoms with Crippen LogP contribution in [0.5, 0.6) is 0 Å². The minimum absolute atomic E-state index is 0.810. The highest BCUT2D eigenvalue weighted by Crippen LogP contribution is 2.25. The molecule has 0 aromatic rings. The highest BCUT2D eigenvalue weighted by atomic mass is 32.2. The number of likely N-dealkylation sites (N-methyl/N-ethyl adjacent to an activating group) is 1. The molecule has 1 N–H and O–H groups in total. The summed E-state index contributed by atoms with van der Waals surface area (Å²) in [7, 11) is 2.29. The Bertz CT molecular complexity index is 141. The van der Waals surface area contributed by atoms with Gasteiger partial charge in [0.1, 0.15) is 0 Å². The number of nitrogens with zero attached hydrogens (tertiary/aromatic N) is 1. The quantitative estimate of drug-likeness (QED) is 0.686. The summed E-state index contributed by atoms with van der Waals surface area (Å²) in [5.74, 6) is 2.71. The van der Waals surface area contributed by atoms with Gasteiger partial charge in [-0.2, -0.15) is 11.8 Å². The SMILES string of the molecule is CN(C1CCCNC1)C1CSC1. The zero-order valence-corrected chi connectivity index (χ0v) is 8.57. The van der Waals surface area contributed by atoms with Crippen molar-refractivity contribution in [3.8, 4) is 0 Å². The summed E-state index contributed by atoms with van der Waals surface area (Å²) >= 11 is 2.08. The lowest BCUT2D eigenvalue weighted by Gasteiger charge is -2.41. The van der Waals surface area contributed by atoms with Gasteiger partial charge < -0.3 is 5.32 Å². The Balaban J connectivity index is 1.80. The van der Waals surface area contributed by atoms with Gasteiger partial charge in [0.2, 0.25) is 0 Å². The third kappa shape index (κ3) is 1.78. The molecule has 0 aliphatic carbocycles. The molecule has 1 atom stereocenters. The fraction of sp³-hybridized carbons (Fsp3) is 1.00. The number of piperidine rings is 1. The first kappa shape index (κ1) is 8.85. The molecule has 2 rings (SSSR count). The van der Waals surface area contributed by atoms with Gasteiger partial charge in [0, 0.05) is 30.1 Å². The molecule has 12 heavy (non-hydrogen) atoms. The number of nitrogens with one attached hydrogen (secondary N) is 1. The van der Waals surface area contributed by atoms with Gasteiger partial charge >= 0.3 is 0 Å². The minimum atomic E-state index is 0.810. The molecule has 2 fully saturated rings. The fourth-order valence-corrected chi connectivity index (χ4v) is 2.85. The summed E-state index contributed by atoms with van der Waals surface area (Å²) < 4.78 is 0. The summed E-state index contributed by atoms with van der Waals surface area (Å²) in [6.07, 6.45) is 2.75. The van der Waals surface area contributed by atoms with Gasteiger partial charge in [-0.05, 0) is 26.4 Å². The van der Waals surface area contributed by atoms with Crippen molar-refractivity contribution in [1.29, 1.82) is 0 Å². The van der Waals surface area contributed by atoms with E-state index in [9.17, 15) is 0 Å². The Kier molecular flexibility index (Phi) is 2.94. The molecular weight excluding hydrogens is 168 g/mol. The van der Waals surface area contributed by atoms with Gasteiger partial charge in [0.25, 0.3) is 0 Å². The van der Waals surface area contributed by atoms with E-state index in [4.69, 9.17) is 0 Å². The predicted molar refractivity (Wildman–Crippen MR) is 54.8 cm³/mol. The molecule has 0 bridgehead atoms. The second-order valence-electron chi connectivity index (χ2n) is 3.86. The first-order valence-corrected chi connectivity index (χ1v) is 6.04. The van der Waals surface area contributed by atoms with Gasteiger partial charge in [-0.3, -0.25) is 4.90 Å². The Morgan fingerprint density at radius 2 is 2.17 bits per heavy atom. The van der Waals surface area contributed by atoms with E-state index in [1.807, 2.05) is 0 Å². The summed E-state index contributed by atoms with van der Waals surface area (Å²) in [6.45, 7) is 2.43. The third-order valence-corrected chi connectivity index (χ3v) is 4.28. The maximum atomic E-state index is 3.47. The zero-order valence-electron chi connectivity index (χ0n) is 7.75. The molecular formula is C9H18N2S. The molecule has 3 heteroatoms. The van der Waals surface area contributed by atoms with Crippen molar-refractivity contribution in [2.24, 2.45) is 0 Å². The molecule has 1 unspecified atom stereocenters. The van der Waals surface area contributed by atoms with Gasteiger partial charge in [0.05, 0.1) is 0 Å². The molecule has 2 saturated heterocycles. The maximum Gasteiger partial charge on any atom is 0.0277 e. The number of hydrogen-bond acceptors (Lipinski definition) is 3. The van der Waals surface area contributed by atoms with Crippen LogP contribution in [0.15, 0.2) is 0 Å². The van der Waals surface area contributed by atoms with E-state index < -0.39 is 0 Å². The van der Waals surface area contributed by atoms with E-state index in [1.54, 1.807) is 0 Å². The van der Waals surface area contributed by atoms with Crippen LogP contribution in [0.4, 0.5) is 0 Å². The lowest BCUT2D eigenvalue weighted by Crippen LogP contribution is -2.52. The Labute approximate surface area is 79.1 Å². The number of rotatable bonds is 2. The fourth-order valence-electron chi connectivity index (χ4n) is 1.94. The second-order valence-corrected chi connectivity index (χ2v) is 4.93. The van der Waals surface area contributed by atoms with Gasteiger partial charge in [-0.1, -0.05) is 0 Å². The van der Waals surface area contributed by atoms with Crippen LogP contribution in [0.1, 0.15) is 12.8 Å². The number of hydrogen-bond donors (Lipinski definition) is 1. The van der Waals surface area contributed by atoms with Crippen LogP contribution in [0.3, 0.4) is 0 Å². The first-order valence-electron chi connectivity index (χ1n) is 4.88. The summed E-state index contributed by atoms with van der Waals surface area (Å²) in [4.78, 5) is 2.59. The van der Waals surface area contributed by atoms with Crippen molar-refractivity contribution in [3.63, 3.8) is 0 Å². The molecule has 0 spiro atoms. The molecule has 2 heterocycles. The van der Waals surface area contributed by atoms with Gasteiger partial charge in [-0.15, -0.1) is 0 Å². The number of thioether (sulfide) groups is 1. The van der Waals surface area contributed by atoms with Crippen LogP contribution in [0.25, 0.3) is 0 Å². The maximum absolute atomic E-state index is 3.47. The van der Waals surface area contributed by atoms with Crippen molar-refractivity contribution in [3.05, 3.63) is 0 Å². The minimum Gasteiger partial charge on any atom is -0.315 e. The van der Waals surface area contributed by atoms with Gasteiger partial charge in [0.15, 0.2) is 0 Å². The molecule has 2 aliphatic rings. The van der Waals surface area contributed by atoms with E-state index >= 15 is 0 Å². The predicted octanol–water partition coefficient (Wildman–Crippen LogP) is 0.786. The van der Waals surface area contributed by atoms with E-state index in [0.29, 0.717) is 0 Å². The van der Waals surface area contributed by atoms with E-state index in [2.05, 4.69) is 29.0 Å². The molecule has 2 aliphatic heterocycles. The topological polar surface area (TPSA) is 15.3 Å². The molecule has 0 saturated carbocycles. The normalized spacial score (nSPS) is 32.0. The van der Waals surface area contributed by atoms with E-state index in [0.717, 1.165) is 12.1 Å². The average Bonchev–Trinajstić information content (AvgIpc) is 2.03. The molecule has 0 aromatic heterocycles. The van der Waals surface area contributed by atoms with Crippen molar-refractivity contribution >= 4 is 11.8 Å². The average molecular weight is 186 g/mol. The third-order valence-electron chi connectivity index (χ3n) is 3.04. The van der Waals surface area contributed by atoms with Crippen LogP contribution in [-0.4, -0.2) is 48.6 Å². The van der Waals surface area contributed by atoms with E-state index in [1.165, 1.54) is 37.4 Å². The highest BCUT2D eigenvalue weighted by molar-refractivity contribution is 8.00. The second kappa shape index (κ2) is 3.99. The van der Waals surface area contributed by atoms with Crippen LogP contribution in [0, 0.1) is 0 Å². The van der Waals surface area contributed by atoms with Crippen molar-refractivity contribution in [2.75, 3.05) is 31.6 Å².